The van der Waals surface area contributed by atoms with Crippen molar-refractivity contribution in [1.29, 1.82) is 0 Å². The highest BCUT2D eigenvalue weighted by atomic mass is 32.2. The molecule has 1 saturated carbocycles. The van der Waals surface area contributed by atoms with E-state index in [1.807, 2.05) is 6.92 Å². The van der Waals surface area contributed by atoms with Crippen LogP contribution in [0.3, 0.4) is 0 Å². The second-order valence-electron chi connectivity index (χ2n) is 6.05. The minimum Gasteiger partial charge on any atom is -0.369 e. The Morgan fingerprint density at radius 2 is 2.05 bits per heavy atom. The van der Waals surface area contributed by atoms with Gasteiger partial charge in [0, 0.05) is 19.3 Å². The van der Waals surface area contributed by atoms with E-state index in [9.17, 15) is 8.42 Å². The first kappa shape index (κ1) is 15.8. The smallest absolute Gasteiger partial charge is 0.217 e. The van der Waals surface area contributed by atoms with Crippen LogP contribution in [0.15, 0.2) is 12.3 Å². The van der Waals surface area contributed by atoms with E-state index >= 15 is 0 Å². The SMILES string of the molecule is Cc1nccc([C@H]2CN(S(=O)(=O)C3CCCCC3)CCO2)n1. The fourth-order valence-electron chi connectivity index (χ4n) is 3.26. The molecule has 0 N–H and O–H groups in total. The maximum Gasteiger partial charge on any atom is 0.217 e. The first-order valence-corrected chi connectivity index (χ1v) is 9.48. The zero-order valence-electron chi connectivity index (χ0n) is 12.9. The number of hydrogen-bond acceptors (Lipinski definition) is 5. The fourth-order valence-corrected chi connectivity index (χ4v) is 5.29. The standard InChI is InChI=1S/C15H23N3O3S/c1-12-16-8-7-14(17-12)15-11-18(9-10-21-15)22(19,20)13-5-3-2-4-6-13/h7-8,13,15H,2-6,9-11H2,1H3/t15-/m1/s1. The summed E-state index contributed by atoms with van der Waals surface area (Å²) in [5.74, 6) is 0.674. The Morgan fingerprint density at radius 3 is 2.77 bits per heavy atom. The van der Waals surface area contributed by atoms with Crippen molar-refractivity contribution >= 4 is 10.0 Å². The van der Waals surface area contributed by atoms with Crippen LogP contribution in [0.25, 0.3) is 0 Å². The molecule has 0 amide bonds. The summed E-state index contributed by atoms with van der Waals surface area (Å²) in [7, 11) is -3.23. The Kier molecular flexibility index (Phi) is 4.75. The molecule has 0 spiro atoms. The molecule has 1 saturated heterocycles. The van der Waals surface area contributed by atoms with E-state index in [4.69, 9.17) is 4.74 Å². The lowest BCUT2D eigenvalue weighted by Gasteiger charge is -2.35. The third kappa shape index (κ3) is 3.31. The first-order valence-electron chi connectivity index (χ1n) is 7.97. The molecule has 1 aliphatic heterocycles. The van der Waals surface area contributed by atoms with Gasteiger partial charge in [-0.2, -0.15) is 4.31 Å². The van der Waals surface area contributed by atoms with Crippen molar-refractivity contribution in [2.75, 3.05) is 19.7 Å². The number of ether oxygens (including phenoxy) is 1. The number of morpholine rings is 1. The van der Waals surface area contributed by atoms with Crippen LogP contribution in [0.2, 0.25) is 0 Å². The van der Waals surface area contributed by atoms with Crippen LogP contribution in [0.1, 0.15) is 49.7 Å². The summed E-state index contributed by atoms with van der Waals surface area (Å²) < 4.78 is 33.0. The third-order valence-electron chi connectivity index (χ3n) is 4.49. The van der Waals surface area contributed by atoms with Crippen molar-refractivity contribution in [2.45, 2.75) is 50.4 Å². The highest BCUT2D eigenvalue weighted by Crippen LogP contribution is 2.29. The van der Waals surface area contributed by atoms with Crippen LogP contribution >= 0.6 is 0 Å². The molecule has 1 atom stereocenters. The molecule has 3 rings (SSSR count). The summed E-state index contributed by atoms with van der Waals surface area (Å²) in [5.41, 5.74) is 0.760. The average molecular weight is 325 g/mol. The molecule has 1 aromatic heterocycles. The molecule has 22 heavy (non-hydrogen) atoms. The van der Waals surface area contributed by atoms with Gasteiger partial charge in [0.2, 0.25) is 10.0 Å². The lowest BCUT2D eigenvalue weighted by Crippen LogP contribution is -2.46. The molecule has 0 aromatic carbocycles. The minimum atomic E-state index is -3.23. The number of sulfonamides is 1. The molecule has 2 aliphatic rings. The Morgan fingerprint density at radius 1 is 1.27 bits per heavy atom. The van der Waals surface area contributed by atoms with Gasteiger partial charge in [-0.3, -0.25) is 0 Å². The summed E-state index contributed by atoms with van der Waals surface area (Å²) in [4.78, 5) is 8.45. The molecule has 6 nitrogen and oxygen atoms in total. The number of rotatable bonds is 3. The van der Waals surface area contributed by atoms with Crippen molar-refractivity contribution in [2.24, 2.45) is 0 Å². The largest absolute Gasteiger partial charge is 0.369 e. The maximum atomic E-state index is 12.8. The summed E-state index contributed by atoms with van der Waals surface area (Å²) in [5, 5.41) is -0.216. The molecule has 0 radical (unpaired) electrons. The van der Waals surface area contributed by atoms with Crippen molar-refractivity contribution in [3.05, 3.63) is 23.8 Å². The molecule has 1 aromatic rings. The van der Waals surface area contributed by atoms with E-state index in [1.54, 1.807) is 16.6 Å². The highest BCUT2D eigenvalue weighted by Gasteiger charge is 2.36. The Hall–Kier alpha value is -1.05. The van der Waals surface area contributed by atoms with Gasteiger partial charge in [-0.25, -0.2) is 18.4 Å². The van der Waals surface area contributed by atoms with Crippen molar-refractivity contribution in [1.82, 2.24) is 14.3 Å². The van der Waals surface area contributed by atoms with Gasteiger partial charge in [0.05, 0.1) is 17.6 Å². The minimum absolute atomic E-state index is 0.216. The molecule has 2 heterocycles. The second-order valence-corrected chi connectivity index (χ2v) is 8.26. The van der Waals surface area contributed by atoms with Crippen molar-refractivity contribution < 1.29 is 13.2 Å². The van der Waals surface area contributed by atoms with Crippen molar-refractivity contribution in [3.63, 3.8) is 0 Å². The predicted octanol–water partition coefficient (Wildman–Crippen LogP) is 1.82. The molecule has 1 aliphatic carbocycles. The molecule has 7 heteroatoms. The Balaban J connectivity index is 1.75. The van der Waals surface area contributed by atoms with Gasteiger partial charge in [0.15, 0.2) is 0 Å². The molecular formula is C15H23N3O3S. The van der Waals surface area contributed by atoms with E-state index in [-0.39, 0.29) is 11.4 Å². The molecule has 0 unspecified atom stereocenters. The normalized spacial score (nSPS) is 25.2. The van der Waals surface area contributed by atoms with Gasteiger partial charge in [0.1, 0.15) is 11.9 Å². The summed E-state index contributed by atoms with van der Waals surface area (Å²) >= 11 is 0. The van der Waals surface area contributed by atoms with E-state index < -0.39 is 10.0 Å². The Labute approximate surface area is 132 Å². The molecule has 2 fully saturated rings. The number of hydrogen-bond donors (Lipinski definition) is 0. The average Bonchev–Trinajstić information content (AvgIpc) is 2.56. The van der Waals surface area contributed by atoms with Crippen LogP contribution in [0.5, 0.6) is 0 Å². The first-order chi connectivity index (χ1) is 10.6. The fraction of sp³-hybridized carbons (Fsp3) is 0.733. The van der Waals surface area contributed by atoms with Gasteiger partial charge in [0.25, 0.3) is 0 Å². The quantitative estimate of drug-likeness (QED) is 0.847. The molecular weight excluding hydrogens is 302 g/mol. The van der Waals surface area contributed by atoms with E-state index in [0.717, 1.165) is 37.8 Å². The molecule has 0 bridgehead atoms. The second kappa shape index (κ2) is 6.60. The zero-order chi connectivity index (χ0) is 15.6. The molecule has 122 valence electrons. The maximum absolute atomic E-state index is 12.8. The summed E-state index contributed by atoms with van der Waals surface area (Å²) in [6.07, 6.45) is 6.15. The number of aromatic nitrogens is 2. The van der Waals surface area contributed by atoms with Gasteiger partial charge in [-0.15, -0.1) is 0 Å². The topological polar surface area (TPSA) is 72.4 Å². The van der Waals surface area contributed by atoms with Crippen LogP contribution in [-0.4, -0.2) is 47.6 Å². The van der Waals surface area contributed by atoms with Gasteiger partial charge in [-0.05, 0) is 25.8 Å². The van der Waals surface area contributed by atoms with Crippen LogP contribution < -0.4 is 0 Å². The van der Waals surface area contributed by atoms with Gasteiger partial charge in [-0.1, -0.05) is 19.3 Å². The van der Waals surface area contributed by atoms with Gasteiger partial charge >= 0.3 is 0 Å². The van der Waals surface area contributed by atoms with E-state index in [1.165, 1.54) is 0 Å². The van der Waals surface area contributed by atoms with Crippen LogP contribution in [-0.2, 0) is 14.8 Å². The predicted molar refractivity (Wildman–Crippen MR) is 82.8 cm³/mol. The van der Waals surface area contributed by atoms with Crippen LogP contribution in [0.4, 0.5) is 0 Å². The number of aryl methyl sites for hydroxylation is 1. The Bertz CT molecular complexity index is 614. The summed E-state index contributed by atoms with van der Waals surface area (Å²) in [6, 6.07) is 1.80. The third-order valence-corrected chi connectivity index (χ3v) is 6.86. The van der Waals surface area contributed by atoms with E-state index in [2.05, 4.69) is 9.97 Å². The lowest BCUT2D eigenvalue weighted by atomic mass is 10.0. The summed E-state index contributed by atoms with van der Waals surface area (Å²) in [6.45, 7) is 3.04. The number of nitrogens with zero attached hydrogens (tertiary/aromatic N) is 3. The lowest BCUT2D eigenvalue weighted by molar-refractivity contribution is -0.00548. The van der Waals surface area contributed by atoms with Crippen LogP contribution in [0, 0.1) is 6.92 Å². The van der Waals surface area contributed by atoms with Crippen molar-refractivity contribution in [3.8, 4) is 0 Å². The monoisotopic (exact) mass is 325 g/mol. The highest BCUT2D eigenvalue weighted by molar-refractivity contribution is 7.89. The van der Waals surface area contributed by atoms with Gasteiger partial charge < -0.3 is 4.74 Å². The van der Waals surface area contributed by atoms with E-state index in [0.29, 0.717) is 25.5 Å². The zero-order valence-corrected chi connectivity index (χ0v) is 13.8.